The summed E-state index contributed by atoms with van der Waals surface area (Å²) < 4.78 is 27.0. The van der Waals surface area contributed by atoms with Crippen molar-refractivity contribution in [3.8, 4) is 0 Å². The van der Waals surface area contributed by atoms with E-state index >= 15 is 0 Å². The van der Waals surface area contributed by atoms with Gasteiger partial charge in [0, 0.05) is 58.6 Å². The highest BCUT2D eigenvalue weighted by Crippen LogP contribution is 2.17. The van der Waals surface area contributed by atoms with Crippen LogP contribution in [0.4, 0.5) is 11.8 Å². The number of nitrogens with zero attached hydrogens (tertiary/aromatic N) is 5. The second-order valence-corrected chi connectivity index (χ2v) is 7.54. The fraction of sp³-hybridized carbons (Fsp3) is 0.692. The van der Waals surface area contributed by atoms with Gasteiger partial charge >= 0.3 is 0 Å². The molecule has 0 spiro atoms. The van der Waals surface area contributed by atoms with E-state index in [-0.39, 0.29) is 0 Å². The molecule has 0 aliphatic carbocycles. The summed E-state index contributed by atoms with van der Waals surface area (Å²) in [5, 5.41) is 3.19. The molecule has 0 unspecified atom stereocenters. The molecular formula is C13H24N6O2S. The van der Waals surface area contributed by atoms with Crippen LogP contribution in [0.3, 0.4) is 0 Å². The number of piperazine rings is 1. The van der Waals surface area contributed by atoms with Gasteiger partial charge in [-0.1, -0.05) is 0 Å². The zero-order chi connectivity index (χ0) is 16.3. The van der Waals surface area contributed by atoms with Crippen LogP contribution in [-0.2, 0) is 10.2 Å². The van der Waals surface area contributed by atoms with E-state index < -0.39 is 10.2 Å². The molecule has 1 aromatic heterocycles. The van der Waals surface area contributed by atoms with Crippen LogP contribution in [0.15, 0.2) is 6.07 Å². The Morgan fingerprint density at radius 2 is 1.86 bits per heavy atom. The minimum Gasteiger partial charge on any atom is -0.370 e. The van der Waals surface area contributed by atoms with Crippen LogP contribution in [0.1, 0.15) is 12.6 Å². The van der Waals surface area contributed by atoms with Crippen molar-refractivity contribution in [2.24, 2.45) is 0 Å². The first-order valence-electron chi connectivity index (χ1n) is 7.36. The van der Waals surface area contributed by atoms with Crippen LogP contribution in [0, 0.1) is 6.92 Å². The molecule has 1 aliphatic rings. The molecule has 124 valence electrons. The Hall–Kier alpha value is -1.45. The van der Waals surface area contributed by atoms with Crippen LogP contribution < -0.4 is 10.2 Å². The number of rotatable bonds is 5. The molecular weight excluding hydrogens is 304 g/mol. The second-order valence-electron chi connectivity index (χ2n) is 5.40. The highest BCUT2D eigenvalue weighted by Gasteiger charge is 2.29. The van der Waals surface area contributed by atoms with Crippen LogP contribution in [0.25, 0.3) is 0 Å². The molecule has 0 amide bonds. The molecule has 0 saturated carbocycles. The van der Waals surface area contributed by atoms with Crippen molar-refractivity contribution < 1.29 is 8.42 Å². The first kappa shape index (κ1) is 16.9. The summed E-state index contributed by atoms with van der Waals surface area (Å²) in [7, 11) is -0.244. The van der Waals surface area contributed by atoms with Crippen LogP contribution in [-0.4, -0.2) is 73.8 Å². The smallest absolute Gasteiger partial charge is 0.281 e. The summed E-state index contributed by atoms with van der Waals surface area (Å²) in [4.78, 5) is 11.0. The lowest BCUT2D eigenvalue weighted by Crippen LogP contribution is -2.52. The third kappa shape index (κ3) is 3.65. The molecule has 2 heterocycles. The van der Waals surface area contributed by atoms with Crippen molar-refractivity contribution in [3.63, 3.8) is 0 Å². The summed E-state index contributed by atoms with van der Waals surface area (Å²) in [5.41, 5.74) is 0.893. The van der Waals surface area contributed by atoms with E-state index in [1.54, 1.807) is 14.1 Å². The standard InChI is InChI=1S/C13H24N6O2S/c1-5-14-12-10-11(2)15-13(16-12)18-6-8-19(9-7-18)22(20,21)17(3)4/h10H,5-9H2,1-4H3,(H,14,15,16). The minimum absolute atomic E-state index is 0.439. The van der Waals surface area contributed by atoms with Crippen LogP contribution >= 0.6 is 0 Å². The van der Waals surface area contributed by atoms with Gasteiger partial charge in [0.1, 0.15) is 5.82 Å². The Labute approximate surface area is 132 Å². The number of hydrogen-bond acceptors (Lipinski definition) is 6. The van der Waals surface area contributed by atoms with Crippen molar-refractivity contribution in [2.75, 3.05) is 57.0 Å². The lowest BCUT2D eigenvalue weighted by atomic mass is 10.3. The molecule has 1 aliphatic heterocycles. The number of nitrogens with one attached hydrogen (secondary N) is 1. The number of aryl methyl sites for hydroxylation is 1. The van der Waals surface area contributed by atoms with E-state index in [0.29, 0.717) is 32.1 Å². The molecule has 2 rings (SSSR count). The van der Waals surface area contributed by atoms with E-state index in [2.05, 4.69) is 15.3 Å². The summed E-state index contributed by atoms with van der Waals surface area (Å²) in [5.74, 6) is 1.45. The zero-order valence-electron chi connectivity index (χ0n) is 13.6. The average molecular weight is 328 g/mol. The highest BCUT2D eigenvalue weighted by atomic mass is 32.2. The quantitative estimate of drug-likeness (QED) is 0.828. The van der Waals surface area contributed by atoms with Crippen molar-refractivity contribution in [3.05, 3.63) is 11.8 Å². The van der Waals surface area contributed by atoms with Crippen molar-refractivity contribution >= 4 is 22.0 Å². The Morgan fingerprint density at radius 3 is 2.41 bits per heavy atom. The molecule has 22 heavy (non-hydrogen) atoms. The van der Waals surface area contributed by atoms with Gasteiger partial charge < -0.3 is 10.2 Å². The van der Waals surface area contributed by atoms with E-state index in [1.165, 1.54) is 8.61 Å². The third-order valence-electron chi connectivity index (χ3n) is 3.51. The predicted molar refractivity (Wildman–Crippen MR) is 87.3 cm³/mol. The van der Waals surface area contributed by atoms with Gasteiger partial charge in [-0.15, -0.1) is 0 Å². The Kier molecular flexibility index (Phi) is 5.20. The molecule has 1 N–H and O–H groups in total. The second kappa shape index (κ2) is 6.76. The Morgan fingerprint density at radius 1 is 1.23 bits per heavy atom. The monoisotopic (exact) mass is 328 g/mol. The van der Waals surface area contributed by atoms with Gasteiger partial charge in [-0.25, -0.2) is 4.98 Å². The van der Waals surface area contributed by atoms with E-state index in [1.807, 2.05) is 24.8 Å². The van der Waals surface area contributed by atoms with E-state index in [0.717, 1.165) is 18.1 Å². The maximum Gasteiger partial charge on any atom is 0.281 e. The van der Waals surface area contributed by atoms with Crippen molar-refractivity contribution in [1.29, 1.82) is 0 Å². The summed E-state index contributed by atoms with van der Waals surface area (Å²) in [6.07, 6.45) is 0. The minimum atomic E-state index is -3.34. The van der Waals surface area contributed by atoms with Gasteiger partial charge in [-0.2, -0.15) is 22.0 Å². The number of aromatic nitrogens is 2. The number of anilines is 2. The first-order chi connectivity index (χ1) is 10.3. The highest BCUT2D eigenvalue weighted by molar-refractivity contribution is 7.86. The van der Waals surface area contributed by atoms with Crippen molar-refractivity contribution in [1.82, 2.24) is 18.6 Å². The lowest BCUT2D eigenvalue weighted by Gasteiger charge is -2.35. The third-order valence-corrected chi connectivity index (χ3v) is 5.45. The SMILES string of the molecule is CCNc1cc(C)nc(N2CCN(S(=O)(=O)N(C)C)CC2)n1. The maximum absolute atomic E-state index is 12.1. The first-order valence-corrected chi connectivity index (χ1v) is 8.76. The lowest BCUT2D eigenvalue weighted by molar-refractivity contribution is 0.354. The van der Waals surface area contributed by atoms with Crippen LogP contribution in [0.2, 0.25) is 0 Å². The topological polar surface area (TPSA) is 81.7 Å². The molecule has 0 atom stereocenters. The van der Waals surface area contributed by atoms with Gasteiger partial charge in [-0.3, -0.25) is 0 Å². The molecule has 0 bridgehead atoms. The zero-order valence-corrected chi connectivity index (χ0v) is 14.4. The van der Waals surface area contributed by atoms with Crippen LogP contribution in [0.5, 0.6) is 0 Å². The predicted octanol–water partition coefficient (Wildman–Crippen LogP) is 0.145. The molecule has 1 fully saturated rings. The molecule has 1 saturated heterocycles. The normalized spacial score (nSPS) is 17.0. The number of hydrogen-bond donors (Lipinski definition) is 1. The molecule has 0 radical (unpaired) electrons. The molecule has 9 heteroatoms. The molecule has 1 aromatic rings. The van der Waals surface area contributed by atoms with Gasteiger partial charge in [-0.05, 0) is 13.8 Å². The van der Waals surface area contributed by atoms with E-state index in [4.69, 9.17) is 0 Å². The summed E-state index contributed by atoms with van der Waals surface area (Å²) in [6.45, 7) is 6.79. The Bertz CT molecular complexity index is 611. The fourth-order valence-corrected chi connectivity index (χ4v) is 3.40. The molecule has 8 nitrogen and oxygen atoms in total. The largest absolute Gasteiger partial charge is 0.370 e. The maximum atomic E-state index is 12.1. The van der Waals surface area contributed by atoms with Gasteiger partial charge in [0.05, 0.1) is 0 Å². The van der Waals surface area contributed by atoms with Gasteiger partial charge in [0.15, 0.2) is 0 Å². The molecule has 0 aromatic carbocycles. The van der Waals surface area contributed by atoms with Crippen molar-refractivity contribution in [2.45, 2.75) is 13.8 Å². The van der Waals surface area contributed by atoms with Gasteiger partial charge in [0.2, 0.25) is 5.95 Å². The summed E-state index contributed by atoms with van der Waals surface area (Å²) >= 11 is 0. The Balaban J connectivity index is 2.09. The fourth-order valence-electron chi connectivity index (χ4n) is 2.32. The van der Waals surface area contributed by atoms with E-state index in [9.17, 15) is 8.42 Å². The average Bonchev–Trinajstić information content (AvgIpc) is 2.47. The summed E-state index contributed by atoms with van der Waals surface area (Å²) in [6, 6.07) is 1.90. The van der Waals surface area contributed by atoms with Gasteiger partial charge in [0.25, 0.3) is 10.2 Å².